The van der Waals surface area contributed by atoms with E-state index >= 15 is 0 Å². The van der Waals surface area contributed by atoms with Crippen LogP contribution in [0.15, 0.2) is 43.1 Å². The minimum absolute atomic E-state index is 0.276. The minimum atomic E-state index is -0.637. The third kappa shape index (κ3) is 3.04. The highest BCUT2D eigenvalue weighted by Crippen LogP contribution is 2.37. The fourth-order valence-corrected chi connectivity index (χ4v) is 3.87. The molecule has 148 valence electrons. The number of benzene rings is 1. The molecular formula is C21H20F2N6. The van der Waals surface area contributed by atoms with Gasteiger partial charge in [0.15, 0.2) is 11.5 Å². The number of fused-ring (bicyclic) bond motifs is 1. The summed E-state index contributed by atoms with van der Waals surface area (Å²) in [5.74, 6) is 0.0771. The molecule has 3 heterocycles. The number of imidazole rings is 1. The van der Waals surface area contributed by atoms with Gasteiger partial charge in [-0.15, -0.1) is 0 Å². The first-order valence-corrected chi connectivity index (χ1v) is 9.59. The van der Waals surface area contributed by atoms with Crippen molar-refractivity contribution in [2.75, 3.05) is 5.32 Å². The number of aryl methyl sites for hydroxylation is 1. The van der Waals surface area contributed by atoms with Gasteiger partial charge in [-0.05, 0) is 37.3 Å². The van der Waals surface area contributed by atoms with Crippen molar-refractivity contribution in [3.05, 3.63) is 60.3 Å². The van der Waals surface area contributed by atoms with Gasteiger partial charge in [0.25, 0.3) is 0 Å². The molecule has 0 radical (unpaired) electrons. The average Bonchev–Trinajstić information content (AvgIpc) is 3.32. The van der Waals surface area contributed by atoms with Crippen molar-refractivity contribution in [3.8, 4) is 11.3 Å². The minimum Gasteiger partial charge on any atom is -0.335 e. The van der Waals surface area contributed by atoms with Crippen LogP contribution < -0.4 is 5.32 Å². The summed E-state index contributed by atoms with van der Waals surface area (Å²) in [6.45, 7) is 3.85. The van der Waals surface area contributed by atoms with Crippen molar-refractivity contribution in [2.45, 2.75) is 32.7 Å². The fraction of sp³-hybridized carbons (Fsp3) is 0.286. The SMILES string of the molecule is Cc1cc(-c2cnc(Nc3cnn(C4CC(C)C4)c3)c3nccn23)c(F)cc1F. The van der Waals surface area contributed by atoms with Gasteiger partial charge < -0.3 is 5.32 Å². The molecule has 0 bridgehead atoms. The third-order valence-corrected chi connectivity index (χ3v) is 5.54. The molecule has 1 saturated carbocycles. The van der Waals surface area contributed by atoms with Gasteiger partial charge in [0.05, 0.1) is 29.8 Å². The molecule has 3 aromatic heterocycles. The molecule has 1 N–H and O–H groups in total. The lowest BCUT2D eigenvalue weighted by atomic mass is 9.82. The zero-order chi connectivity index (χ0) is 20.1. The molecule has 0 aliphatic heterocycles. The average molecular weight is 394 g/mol. The molecule has 1 aromatic carbocycles. The molecule has 1 aliphatic rings. The Bertz CT molecular complexity index is 1210. The van der Waals surface area contributed by atoms with Gasteiger partial charge in [-0.25, -0.2) is 18.7 Å². The number of rotatable bonds is 4. The summed E-state index contributed by atoms with van der Waals surface area (Å²) in [4.78, 5) is 8.82. The summed E-state index contributed by atoms with van der Waals surface area (Å²) >= 11 is 0. The van der Waals surface area contributed by atoms with E-state index in [1.807, 2.05) is 10.9 Å². The Kier molecular flexibility index (Phi) is 4.08. The van der Waals surface area contributed by atoms with Crippen molar-refractivity contribution in [1.29, 1.82) is 0 Å². The zero-order valence-electron chi connectivity index (χ0n) is 16.1. The summed E-state index contributed by atoms with van der Waals surface area (Å²) in [6, 6.07) is 2.83. The quantitative estimate of drug-likeness (QED) is 0.535. The maximum atomic E-state index is 14.4. The van der Waals surface area contributed by atoms with Gasteiger partial charge in [0, 0.05) is 30.2 Å². The van der Waals surface area contributed by atoms with Crippen LogP contribution in [-0.2, 0) is 0 Å². The van der Waals surface area contributed by atoms with E-state index < -0.39 is 11.6 Å². The Morgan fingerprint density at radius 2 is 1.93 bits per heavy atom. The Balaban J connectivity index is 1.49. The van der Waals surface area contributed by atoms with Gasteiger partial charge >= 0.3 is 0 Å². The van der Waals surface area contributed by atoms with E-state index in [4.69, 9.17) is 0 Å². The second kappa shape index (κ2) is 6.65. The second-order valence-electron chi connectivity index (χ2n) is 7.76. The Hall–Kier alpha value is -3.29. The molecule has 1 fully saturated rings. The number of aromatic nitrogens is 5. The highest BCUT2D eigenvalue weighted by molar-refractivity contribution is 5.74. The highest BCUT2D eigenvalue weighted by Gasteiger charge is 2.27. The Labute approximate surface area is 166 Å². The van der Waals surface area contributed by atoms with E-state index in [9.17, 15) is 8.78 Å². The molecule has 0 saturated heterocycles. The summed E-state index contributed by atoms with van der Waals surface area (Å²) in [6.07, 6.45) is 10.9. The topological polar surface area (TPSA) is 60.0 Å². The number of hydrogen-bond acceptors (Lipinski definition) is 4. The molecule has 8 heteroatoms. The zero-order valence-corrected chi connectivity index (χ0v) is 16.1. The standard InChI is InChI=1S/C21H20F2N6/c1-12-5-15(6-12)29-11-14(9-26-29)27-20-21-24-3-4-28(21)19(10-25-20)16-7-13(2)17(22)8-18(16)23/h3-4,7-12,15H,5-6H2,1-2H3,(H,25,27). The maximum Gasteiger partial charge on any atom is 0.180 e. The Morgan fingerprint density at radius 3 is 2.72 bits per heavy atom. The maximum absolute atomic E-state index is 14.4. The Morgan fingerprint density at radius 1 is 1.10 bits per heavy atom. The lowest BCUT2D eigenvalue weighted by molar-refractivity contribution is 0.200. The van der Waals surface area contributed by atoms with Crippen molar-refractivity contribution in [2.24, 2.45) is 5.92 Å². The number of halogens is 2. The first kappa shape index (κ1) is 17.8. The lowest BCUT2D eigenvalue weighted by Gasteiger charge is -2.32. The number of anilines is 2. The van der Waals surface area contributed by atoms with E-state index in [1.54, 1.807) is 36.1 Å². The van der Waals surface area contributed by atoms with Crippen LogP contribution in [0.1, 0.15) is 31.4 Å². The summed E-state index contributed by atoms with van der Waals surface area (Å²) < 4.78 is 31.8. The molecule has 4 aromatic rings. The van der Waals surface area contributed by atoms with Crippen molar-refractivity contribution in [3.63, 3.8) is 0 Å². The lowest BCUT2D eigenvalue weighted by Crippen LogP contribution is -2.24. The van der Waals surface area contributed by atoms with Gasteiger partial charge in [-0.1, -0.05) is 6.92 Å². The first-order chi connectivity index (χ1) is 14.0. The van der Waals surface area contributed by atoms with Gasteiger partial charge in [-0.2, -0.15) is 5.10 Å². The van der Waals surface area contributed by atoms with Crippen LogP contribution in [0, 0.1) is 24.5 Å². The molecule has 6 nitrogen and oxygen atoms in total. The van der Waals surface area contributed by atoms with Gasteiger partial charge in [0.1, 0.15) is 11.6 Å². The van der Waals surface area contributed by atoms with Crippen LogP contribution in [0.5, 0.6) is 0 Å². The van der Waals surface area contributed by atoms with E-state index in [-0.39, 0.29) is 5.56 Å². The van der Waals surface area contributed by atoms with Crippen molar-refractivity contribution in [1.82, 2.24) is 24.1 Å². The van der Waals surface area contributed by atoms with Crippen LogP contribution in [-0.4, -0.2) is 24.1 Å². The van der Waals surface area contributed by atoms with Gasteiger partial charge in [-0.3, -0.25) is 9.08 Å². The van der Waals surface area contributed by atoms with Crippen molar-refractivity contribution < 1.29 is 8.78 Å². The fourth-order valence-electron chi connectivity index (χ4n) is 3.87. The third-order valence-electron chi connectivity index (χ3n) is 5.54. The predicted molar refractivity (Wildman–Crippen MR) is 106 cm³/mol. The summed E-state index contributed by atoms with van der Waals surface area (Å²) in [5, 5.41) is 7.70. The second-order valence-corrected chi connectivity index (χ2v) is 7.76. The number of nitrogens with one attached hydrogen (secondary N) is 1. The van der Waals surface area contributed by atoms with E-state index in [0.717, 1.165) is 30.5 Å². The smallest absolute Gasteiger partial charge is 0.180 e. The monoisotopic (exact) mass is 394 g/mol. The van der Waals surface area contributed by atoms with E-state index in [1.165, 1.54) is 6.07 Å². The summed E-state index contributed by atoms with van der Waals surface area (Å²) in [7, 11) is 0. The van der Waals surface area contributed by atoms with Crippen LogP contribution in [0.3, 0.4) is 0 Å². The van der Waals surface area contributed by atoms with Gasteiger partial charge in [0.2, 0.25) is 0 Å². The molecule has 29 heavy (non-hydrogen) atoms. The van der Waals surface area contributed by atoms with Crippen LogP contribution in [0.4, 0.5) is 20.3 Å². The molecule has 5 rings (SSSR count). The molecular weight excluding hydrogens is 374 g/mol. The number of nitrogens with zero attached hydrogens (tertiary/aromatic N) is 5. The largest absolute Gasteiger partial charge is 0.335 e. The van der Waals surface area contributed by atoms with Crippen LogP contribution in [0.25, 0.3) is 16.9 Å². The molecule has 0 amide bonds. The van der Waals surface area contributed by atoms with Crippen LogP contribution in [0.2, 0.25) is 0 Å². The first-order valence-electron chi connectivity index (χ1n) is 9.59. The molecule has 0 unspecified atom stereocenters. The predicted octanol–water partition coefficient (Wildman–Crippen LogP) is 4.89. The molecule has 0 spiro atoms. The highest BCUT2D eigenvalue weighted by atomic mass is 19.1. The summed E-state index contributed by atoms with van der Waals surface area (Å²) in [5.41, 5.74) is 2.52. The van der Waals surface area contributed by atoms with Crippen LogP contribution >= 0.6 is 0 Å². The van der Waals surface area contributed by atoms with E-state index in [2.05, 4.69) is 27.3 Å². The normalized spacial score (nSPS) is 18.8. The van der Waals surface area contributed by atoms with Crippen molar-refractivity contribution >= 4 is 17.2 Å². The molecule has 0 atom stereocenters. The number of hydrogen-bond donors (Lipinski definition) is 1. The van der Waals surface area contributed by atoms with E-state index in [0.29, 0.717) is 28.8 Å². The molecule has 1 aliphatic carbocycles.